The number of aromatic carboxylic acids is 1. The maximum absolute atomic E-state index is 11.3. The van der Waals surface area contributed by atoms with Crippen LogP contribution in [0.1, 0.15) is 27.8 Å². The predicted molar refractivity (Wildman–Crippen MR) is 116 cm³/mol. The average molecular weight is 448 g/mol. The molecule has 0 unspecified atom stereocenters. The quantitative estimate of drug-likeness (QED) is 0.347. The molecule has 0 bridgehead atoms. The van der Waals surface area contributed by atoms with E-state index in [1.54, 1.807) is 49.4 Å². The molecule has 0 spiro atoms. The van der Waals surface area contributed by atoms with Crippen LogP contribution in [0, 0.1) is 6.92 Å². The largest absolute Gasteiger partial charge is 0.492 e. The number of aryl methyl sites for hydroxylation is 1. The van der Waals surface area contributed by atoms with Gasteiger partial charge in [-0.25, -0.2) is 13.2 Å². The van der Waals surface area contributed by atoms with E-state index in [0.29, 0.717) is 41.3 Å². The Kier molecular flexibility index (Phi) is 6.84. The first kappa shape index (κ1) is 22.6. The van der Waals surface area contributed by atoms with E-state index in [9.17, 15) is 18.3 Å². The van der Waals surface area contributed by atoms with E-state index in [1.807, 2.05) is 0 Å². The van der Waals surface area contributed by atoms with Crippen molar-refractivity contribution < 1.29 is 32.6 Å². The third-order valence-electron chi connectivity index (χ3n) is 4.56. The molecule has 0 fully saturated rings. The molecule has 1 atom stereocenters. The van der Waals surface area contributed by atoms with Crippen molar-refractivity contribution in [3.63, 3.8) is 0 Å². The van der Waals surface area contributed by atoms with Gasteiger partial charge in [0.05, 0.1) is 12.4 Å². The van der Waals surface area contributed by atoms with Crippen molar-refractivity contribution in [3.8, 4) is 5.75 Å². The summed E-state index contributed by atoms with van der Waals surface area (Å²) in [7, 11) is -3.39. The summed E-state index contributed by atoms with van der Waals surface area (Å²) in [6.45, 7) is 2.72. The number of nitrogens with one attached hydrogen (secondary N) is 2. The number of carboxylic acids is 1. The number of aliphatic hydroxyl groups excluding tert-OH is 1. The van der Waals surface area contributed by atoms with Crippen LogP contribution < -0.4 is 14.8 Å². The van der Waals surface area contributed by atoms with Crippen LogP contribution in [-0.2, 0) is 10.0 Å². The minimum absolute atomic E-state index is 0.0846. The Balaban J connectivity index is 1.49. The van der Waals surface area contributed by atoms with Gasteiger partial charge >= 0.3 is 5.97 Å². The number of fused-ring (bicyclic) bond motifs is 1. The van der Waals surface area contributed by atoms with Gasteiger partial charge < -0.3 is 24.7 Å². The summed E-state index contributed by atoms with van der Waals surface area (Å²) < 4.78 is 36.1. The van der Waals surface area contributed by atoms with E-state index in [1.165, 1.54) is 0 Å². The highest BCUT2D eigenvalue weighted by molar-refractivity contribution is 7.92. The van der Waals surface area contributed by atoms with Gasteiger partial charge in [0.1, 0.15) is 17.9 Å². The Morgan fingerprint density at radius 3 is 2.71 bits per heavy atom. The van der Waals surface area contributed by atoms with Crippen molar-refractivity contribution in [1.82, 2.24) is 5.32 Å². The van der Waals surface area contributed by atoms with E-state index >= 15 is 0 Å². The predicted octanol–water partition coefficient (Wildman–Crippen LogP) is 2.51. The van der Waals surface area contributed by atoms with Gasteiger partial charge in [-0.1, -0.05) is 12.1 Å². The van der Waals surface area contributed by atoms with Crippen LogP contribution in [0.3, 0.4) is 0 Å². The number of ether oxygens (including phenoxy) is 1. The highest BCUT2D eigenvalue weighted by Gasteiger charge is 2.17. The van der Waals surface area contributed by atoms with Crippen molar-refractivity contribution in [2.45, 2.75) is 13.0 Å². The SMILES string of the molecule is Cc1c(C(=O)O)oc2cc(OCCNC[C@H](O)c3cccc(NS(C)(=O)=O)c3)ccc12. The highest BCUT2D eigenvalue weighted by Crippen LogP contribution is 2.28. The van der Waals surface area contributed by atoms with Gasteiger partial charge in [-0.15, -0.1) is 0 Å². The van der Waals surface area contributed by atoms with Crippen LogP contribution in [-0.4, -0.2) is 50.6 Å². The van der Waals surface area contributed by atoms with Crippen LogP contribution in [0.4, 0.5) is 5.69 Å². The molecule has 0 aliphatic rings. The van der Waals surface area contributed by atoms with Gasteiger partial charge in [-0.05, 0) is 36.8 Å². The third kappa shape index (κ3) is 5.97. The van der Waals surface area contributed by atoms with E-state index < -0.39 is 22.1 Å². The van der Waals surface area contributed by atoms with E-state index in [-0.39, 0.29) is 12.3 Å². The zero-order valence-corrected chi connectivity index (χ0v) is 17.9. The molecule has 2 aromatic carbocycles. The van der Waals surface area contributed by atoms with Gasteiger partial charge in [-0.3, -0.25) is 4.72 Å². The first-order valence-electron chi connectivity index (χ1n) is 9.50. The second-order valence-electron chi connectivity index (χ2n) is 7.09. The Morgan fingerprint density at radius 1 is 1.23 bits per heavy atom. The van der Waals surface area contributed by atoms with Gasteiger partial charge in [0.2, 0.25) is 15.8 Å². The summed E-state index contributed by atoms with van der Waals surface area (Å²) in [5.74, 6) is -0.657. The fraction of sp³-hybridized carbons (Fsp3) is 0.286. The van der Waals surface area contributed by atoms with E-state index in [2.05, 4.69) is 10.0 Å². The molecule has 1 aromatic heterocycles. The summed E-state index contributed by atoms with van der Waals surface area (Å²) in [6, 6.07) is 11.7. The molecule has 0 radical (unpaired) electrons. The standard InChI is InChI=1S/C21H24N2O7S/c1-13-17-7-6-16(11-19(17)30-20(13)21(25)26)29-9-8-22-12-18(24)14-4-3-5-15(10-14)23-31(2,27)28/h3-7,10-11,18,22-24H,8-9,12H2,1-2H3,(H,25,26)/t18-/m0/s1. The Labute approximate surface area is 179 Å². The van der Waals surface area contributed by atoms with Crippen molar-refractivity contribution in [2.24, 2.45) is 0 Å². The number of anilines is 1. The molecule has 3 rings (SSSR count). The van der Waals surface area contributed by atoms with Crippen LogP contribution in [0.5, 0.6) is 5.75 Å². The zero-order valence-electron chi connectivity index (χ0n) is 17.1. The molecule has 3 aromatic rings. The molecule has 0 saturated heterocycles. The molecule has 0 aliphatic carbocycles. The summed E-state index contributed by atoms with van der Waals surface area (Å²) in [5, 5.41) is 23.2. The van der Waals surface area contributed by atoms with Crippen molar-refractivity contribution >= 4 is 32.6 Å². The summed E-state index contributed by atoms with van der Waals surface area (Å²) >= 11 is 0. The normalized spacial score (nSPS) is 12.6. The van der Waals surface area contributed by atoms with Crippen LogP contribution in [0.25, 0.3) is 11.0 Å². The van der Waals surface area contributed by atoms with Crippen LogP contribution >= 0.6 is 0 Å². The van der Waals surface area contributed by atoms with Crippen LogP contribution in [0.2, 0.25) is 0 Å². The second-order valence-corrected chi connectivity index (χ2v) is 8.84. The first-order chi connectivity index (χ1) is 14.6. The minimum atomic E-state index is -3.39. The van der Waals surface area contributed by atoms with Crippen LogP contribution in [0.15, 0.2) is 46.9 Å². The van der Waals surface area contributed by atoms with Crippen molar-refractivity contribution in [2.75, 3.05) is 30.7 Å². The van der Waals surface area contributed by atoms with E-state index in [0.717, 1.165) is 11.6 Å². The van der Waals surface area contributed by atoms with Crippen molar-refractivity contribution in [3.05, 3.63) is 59.4 Å². The number of carbonyl (C=O) groups is 1. The van der Waals surface area contributed by atoms with Gasteiger partial charge in [0, 0.05) is 35.8 Å². The fourth-order valence-corrected chi connectivity index (χ4v) is 3.68. The topological polar surface area (TPSA) is 138 Å². The maximum atomic E-state index is 11.3. The van der Waals surface area contributed by atoms with Crippen molar-refractivity contribution in [1.29, 1.82) is 0 Å². The lowest BCUT2D eigenvalue weighted by Gasteiger charge is -2.14. The molecular formula is C21H24N2O7S. The fourth-order valence-electron chi connectivity index (χ4n) is 3.12. The molecule has 4 N–H and O–H groups in total. The number of aliphatic hydroxyl groups is 1. The maximum Gasteiger partial charge on any atom is 0.372 e. The lowest BCUT2D eigenvalue weighted by molar-refractivity contribution is 0.0664. The smallest absolute Gasteiger partial charge is 0.372 e. The lowest BCUT2D eigenvalue weighted by atomic mass is 10.1. The zero-order chi connectivity index (χ0) is 22.6. The monoisotopic (exact) mass is 448 g/mol. The molecule has 0 aliphatic heterocycles. The molecule has 166 valence electrons. The average Bonchev–Trinajstić information content (AvgIpc) is 3.03. The molecule has 0 amide bonds. The molecule has 9 nitrogen and oxygen atoms in total. The number of furan rings is 1. The number of benzene rings is 2. The Morgan fingerprint density at radius 2 is 2.00 bits per heavy atom. The molecule has 1 heterocycles. The molecule has 10 heteroatoms. The minimum Gasteiger partial charge on any atom is -0.492 e. The van der Waals surface area contributed by atoms with Gasteiger partial charge in [0.15, 0.2) is 0 Å². The highest BCUT2D eigenvalue weighted by atomic mass is 32.2. The first-order valence-corrected chi connectivity index (χ1v) is 11.4. The second kappa shape index (κ2) is 9.38. The molecule has 31 heavy (non-hydrogen) atoms. The number of hydrogen-bond donors (Lipinski definition) is 4. The third-order valence-corrected chi connectivity index (χ3v) is 5.17. The number of hydrogen-bond acceptors (Lipinski definition) is 7. The lowest BCUT2D eigenvalue weighted by Crippen LogP contribution is -2.26. The Hall–Kier alpha value is -3.08. The van der Waals surface area contributed by atoms with Gasteiger partial charge in [0.25, 0.3) is 0 Å². The molecular weight excluding hydrogens is 424 g/mol. The Bertz CT molecular complexity index is 1190. The van der Waals surface area contributed by atoms with E-state index in [4.69, 9.17) is 14.3 Å². The molecule has 0 saturated carbocycles. The summed E-state index contributed by atoms with van der Waals surface area (Å²) in [6.07, 6.45) is 0.242. The number of carboxylic acid groups (broad SMARTS) is 1. The summed E-state index contributed by atoms with van der Waals surface area (Å²) in [5.41, 5.74) is 1.98. The summed E-state index contributed by atoms with van der Waals surface area (Å²) in [4.78, 5) is 11.2. The number of sulfonamides is 1. The number of rotatable bonds is 10. The van der Waals surface area contributed by atoms with Gasteiger partial charge in [-0.2, -0.15) is 0 Å².